The summed E-state index contributed by atoms with van der Waals surface area (Å²) in [7, 11) is 0. The second-order valence-electron chi connectivity index (χ2n) is 8.03. The average Bonchev–Trinajstić information content (AvgIpc) is 3.35. The summed E-state index contributed by atoms with van der Waals surface area (Å²) >= 11 is 0. The molecule has 1 N–H and O–H groups in total. The second-order valence-corrected chi connectivity index (χ2v) is 8.03. The zero-order valence-electron chi connectivity index (χ0n) is 19.7. The van der Waals surface area contributed by atoms with Crippen LogP contribution in [-0.4, -0.2) is 93.9 Å². The smallest absolute Gasteiger partial charge is 0.410 e. The highest BCUT2D eigenvalue weighted by Crippen LogP contribution is 2.30. The van der Waals surface area contributed by atoms with Crippen molar-refractivity contribution >= 4 is 29.9 Å². The minimum atomic E-state index is -1.21. The first-order chi connectivity index (χ1) is 16.5. The number of nitrogens with one attached hydrogen (secondary N) is 1. The molecule has 1 aromatic heterocycles. The molecule has 0 radical (unpaired) electrons. The third-order valence-electron chi connectivity index (χ3n) is 5.02. The molecule has 2 amide bonds. The first kappa shape index (κ1) is 25.9. The minimum Gasteiger partial charge on any atom is -0.456 e. The topological polar surface area (TPSA) is 177 Å². The van der Waals surface area contributed by atoms with Crippen molar-refractivity contribution in [2.45, 2.75) is 64.9 Å². The summed E-state index contributed by atoms with van der Waals surface area (Å²) in [5, 5.41) is 10.6. The minimum absolute atomic E-state index is 0.0593. The van der Waals surface area contributed by atoms with Crippen LogP contribution in [0.15, 0.2) is 6.20 Å². The van der Waals surface area contributed by atoms with Gasteiger partial charge in [-0.05, 0) is 0 Å². The van der Waals surface area contributed by atoms with Gasteiger partial charge in [-0.3, -0.25) is 24.1 Å². The fourth-order valence-corrected chi connectivity index (χ4v) is 3.72. The largest absolute Gasteiger partial charge is 0.456 e. The lowest BCUT2D eigenvalue weighted by molar-refractivity contribution is -0.241. The van der Waals surface area contributed by atoms with E-state index in [1.54, 1.807) is 0 Å². The standard InChI is InChI=1S/C20H27N5O10/c1-10(26)21-5-15-8-24(20(30)35-15)6-14-7-25(23-22-14)19-18(34-13(4)29)17(33-12(3)28)16(9-31-19)32-11(2)27/h7,15-19H,5-6,8-9H2,1-4H3,(H,21,26)/t15?,16-,17+,18-,19+/m1/s1. The first-order valence-corrected chi connectivity index (χ1v) is 10.8. The van der Waals surface area contributed by atoms with Gasteiger partial charge in [-0.25, -0.2) is 9.48 Å². The molecule has 15 heteroatoms. The van der Waals surface area contributed by atoms with E-state index in [1.807, 2.05) is 0 Å². The molecule has 35 heavy (non-hydrogen) atoms. The van der Waals surface area contributed by atoms with Crippen LogP contribution >= 0.6 is 0 Å². The number of carbonyl (C=O) groups excluding carboxylic acids is 5. The number of nitrogens with zero attached hydrogens (tertiary/aromatic N) is 4. The number of amides is 2. The summed E-state index contributed by atoms with van der Waals surface area (Å²) < 4.78 is 28.1. The normalized spacial score (nSPS) is 26.0. The molecule has 2 aliphatic rings. The van der Waals surface area contributed by atoms with Crippen molar-refractivity contribution in [3.63, 3.8) is 0 Å². The van der Waals surface area contributed by atoms with Crippen molar-refractivity contribution in [2.24, 2.45) is 0 Å². The van der Waals surface area contributed by atoms with Crippen LogP contribution in [0, 0.1) is 0 Å². The highest BCUT2D eigenvalue weighted by Gasteiger charge is 2.48. The molecule has 2 fully saturated rings. The van der Waals surface area contributed by atoms with E-state index in [0.717, 1.165) is 0 Å². The van der Waals surface area contributed by atoms with Crippen molar-refractivity contribution in [1.82, 2.24) is 25.2 Å². The van der Waals surface area contributed by atoms with Crippen molar-refractivity contribution in [2.75, 3.05) is 19.7 Å². The van der Waals surface area contributed by atoms with E-state index in [1.165, 1.54) is 43.5 Å². The first-order valence-electron chi connectivity index (χ1n) is 10.8. The van der Waals surface area contributed by atoms with Crippen LogP contribution in [0.2, 0.25) is 0 Å². The summed E-state index contributed by atoms with van der Waals surface area (Å²) in [5.41, 5.74) is 0.374. The maximum absolute atomic E-state index is 12.1. The highest BCUT2D eigenvalue weighted by atomic mass is 16.6. The number of hydrogen-bond acceptors (Lipinski definition) is 12. The van der Waals surface area contributed by atoms with Gasteiger partial charge in [0.2, 0.25) is 5.91 Å². The molecule has 3 rings (SSSR count). The van der Waals surface area contributed by atoms with Crippen LogP contribution in [0.4, 0.5) is 4.79 Å². The number of aromatic nitrogens is 3. The average molecular weight is 497 g/mol. The van der Waals surface area contributed by atoms with Gasteiger partial charge in [0.15, 0.2) is 24.5 Å². The van der Waals surface area contributed by atoms with E-state index >= 15 is 0 Å². The summed E-state index contributed by atoms with van der Waals surface area (Å²) in [4.78, 5) is 59.6. The molecule has 15 nitrogen and oxygen atoms in total. The Morgan fingerprint density at radius 1 is 1.06 bits per heavy atom. The van der Waals surface area contributed by atoms with E-state index in [4.69, 9.17) is 23.7 Å². The predicted molar refractivity (Wildman–Crippen MR) is 111 cm³/mol. The third kappa shape index (κ3) is 6.88. The van der Waals surface area contributed by atoms with Crippen molar-refractivity contribution in [1.29, 1.82) is 0 Å². The number of hydrogen-bond donors (Lipinski definition) is 1. The lowest BCUT2D eigenvalue weighted by atomic mass is 10.0. The maximum atomic E-state index is 12.1. The Morgan fingerprint density at radius 2 is 1.71 bits per heavy atom. The quantitative estimate of drug-likeness (QED) is 0.345. The second kappa shape index (κ2) is 11.1. The fourth-order valence-electron chi connectivity index (χ4n) is 3.72. The molecule has 5 atom stereocenters. The van der Waals surface area contributed by atoms with E-state index in [0.29, 0.717) is 5.69 Å². The Bertz CT molecular complexity index is 981. The van der Waals surface area contributed by atoms with E-state index in [-0.39, 0.29) is 32.1 Å². The zero-order chi connectivity index (χ0) is 25.7. The molecule has 0 saturated carbocycles. The molecule has 0 bridgehead atoms. The molecule has 3 heterocycles. The van der Waals surface area contributed by atoms with Crippen molar-refractivity contribution in [3.05, 3.63) is 11.9 Å². The lowest BCUT2D eigenvalue weighted by Gasteiger charge is -2.40. The summed E-state index contributed by atoms with van der Waals surface area (Å²) in [6, 6.07) is 0. The van der Waals surface area contributed by atoms with Gasteiger partial charge in [-0.1, -0.05) is 5.21 Å². The van der Waals surface area contributed by atoms with E-state index < -0.39 is 54.6 Å². The molecule has 1 unspecified atom stereocenters. The van der Waals surface area contributed by atoms with Crippen LogP contribution in [0.1, 0.15) is 39.6 Å². The monoisotopic (exact) mass is 497 g/mol. The van der Waals surface area contributed by atoms with Crippen LogP contribution in [0.3, 0.4) is 0 Å². The molecule has 2 saturated heterocycles. The Morgan fingerprint density at radius 3 is 2.34 bits per heavy atom. The Kier molecular flexibility index (Phi) is 8.22. The molecule has 192 valence electrons. The molecular weight excluding hydrogens is 470 g/mol. The van der Waals surface area contributed by atoms with Gasteiger partial charge < -0.3 is 29.0 Å². The zero-order valence-corrected chi connectivity index (χ0v) is 19.7. The molecule has 0 aliphatic carbocycles. The van der Waals surface area contributed by atoms with Gasteiger partial charge >= 0.3 is 24.0 Å². The lowest BCUT2D eigenvalue weighted by Crippen LogP contribution is -2.55. The van der Waals surface area contributed by atoms with Gasteiger partial charge in [0.25, 0.3) is 0 Å². The molecule has 1 aromatic rings. The van der Waals surface area contributed by atoms with Gasteiger partial charge in [-0.2, -0.15) is 0 Å². The molecule has 0 aromatic carbocycles. The van der Waals surface area contributed by atoms with Gasteiger partial charge in [-0.15, -0.1) is 5.10 Å². The number of rotatable bonds is 8. The predicted octanol–water partition coefficient (Wildman–Crippen LogP) is -0.941. The fraction of sp³-hybridized carbons (Fsp3) is 0.650. The summed E-state index contributed by atoms with van der Waals surface area (Å²) in [6.45, 7) is 5.20. The number of esters is 3. The third-order valence-corrected chi connectivity index (χ3v) is 5.02. The van der Waals surface area contributed by atoms with Crippen LogP contribution in [-0.2, 0) is 49.4 Å². The molecule has 0 spiro atoms. The van der Waals surface area contributed by atoms with Crippen LogP contribution in [0.25, 0.3) is 0 Å². The van der Waals surface area contributed by atoms with Crippen molar-refractivity contribution < 1.29 is 47.7 Å². The Labute approximate surface area is 199 Å². The van der Waals surface area contributed by atoms with Crippen LogP contribution in [0.5, 0.6) is 0 Å². The van der Waals surface area contributed by atoms with Gasteiger partial charge in [0.1, 0.15) is 11.8 Å². The summed E-state index contributed by atoms with van der Waals surface area (Å²) in [5.74, 6) is -2.23. The summed E-state index contributed by atoms with van der Waals surface area (Å²) in [6.07, 6.45) is -4.03. The number of carbonyl (C=O) groups is 5. The van der Waals surface area contributed by atoms with E-state index in [9.17, 15) is 24.0 Å². The van der Waals surface area contributed by atoms with Gasteiger partial charge in [0, 0.05) is 27.7 Å². The Balaban J connectivity index is 1.74. The number of cyclic esters (lactones) is 1. The van der Waals surface area contributed by atoms with Crippen LogP contribution < -0.4 is 5.32 Å². The Hall–Kier alpha value is -3.75. The van der Waals surface area contributed by atoms with E-state index in [2.05, 4.69) is 15.6 Å². The van der Waals surface area contributed by atoms with Crippen molar-refractivity contribution in [3.8, 4) is 0 Å². The molecule has 2 aliphatic heterocycles. The molecular formula is C20H27N5O10. The highest BCUT2D eigenvalue weighted by molar-refractivity contribution is 5.73. The number of ether oxygens (including phenoxy) is 5. The van der Waals surface area contributed by atoms with Gasteiger partial charge in [0.05, 0.1) is 32.4 Å². The SMILES string of the molecule is CC(=O)NCC1CN(Cc2cn([C@H]3OC[C@@H](OC(C)=O)[C@H](OC(C)=O)[C@H]3OC(C)=O)nn2)C(=O)O1. The maximum Gasteiger partial charge on any atom is 0.410 e.